The van der Waals surface area contributed by atoms with Gasteiger partial charge in [-0.25, -0.2) is 0 Å². The number of hydrogen-bond acceptors (Lipinski definition) is 7. The highest BCUT2D eigenvalue weighted by Crippen LogP contribution is 2.28. The summed E-state index contributed by atoms with van der Waals surface area (Å²) in [6.45, 7) is 1.65. The Balaban J connectivity index is 0.000000784. The summed E-state index contributed by atoms with van der Waals surface area (Å²) in [5.74, 6) is -0.376. The van der Waals surface area contributed by atoms with Crippen LogP contribution in [0.15, 0.2) is 29.3 Å². The van der Waals surface area contributed by atoms with Crippen LogP contribution in [0.3, 0.4) is 0 Å². The van der Waals surface area contributed by atoms with E-state index in [1.807, 2.05) is 24.3 Å². The second-order valence-corrected chi connectivity index (χ2v) is 9.07. The largest absolute Gasteiger partial charge is 0.394 e. The molecule has 8 N–H and O–H groups in total. The summed E-state index contributed by atoms with van der Waals surface area (Å²) in [7, 11) is -4.67. The molecule has 0 aromatic heterocycles. The summed E-state index contributed by atoms with van der Waals surface area (Å²) in [5.41, 5.74) is 12.7. The number of nitrogens with one attached hydrogen (secondary N) is 2. The van der Waals surface area contributed by atoms with Crippen LogP contribution in [0.25, 0.3) is 0 Å². The molecule has 2 aliphatic rings. The summed E-state index contributed by atoms with van der Waals surface area (Å²) in [5, 5.41) is 6.07. The number of likely N-dealkylation sites (tertiary alicyclic amines) is 1. The molecule has 1 aromatic rings. The highest BCUT2D eigenvalue weighted by molar-refractivity contribution is 7.79. The number of fused-ring (bicyclic) bond motifs is 1. The third-order valence-electron chi connectivity index (χ3n) is 5.65. The average Bonchev–Trinajstić information content (AvgIpc) is 3.29. The fraction of sp³-hybridized carbons (Fsp3) is 0.524. The highest BCUT2D eigenvalue weighted by Gasteiger charge is 2.39. The van der Waals surface area contributed by atoms with E-state index < -0.39 is 28.5 Å². The molecule has 0 bridgehead atoms. The molecule has 0 aliphatic carbocycles. The van der Waals surface area contributed by atoms with E-state index in [0.717, 1.165) is 30.5 Å². The SMILES string of the molecule is NC(N)=NCCC[C@@H](C=O)NC(=O)[C@@H]1CCCN1C(=O)C1NCCc2ccccc21.O=S(=O)(O)O. The minimum Gasteiger partial charge on any atom is -0.370 e. The van der Waals surface area contributed by atoms with Crippen molar-refractivity contribution >= 4 is 34.5 Å². The third-order valence-corrected chi connectivity index (χ3v) is 5.65. The number of carbonyl (C=O) groups excluding carboxylic acids is 3. The fourth-order valence-corrected chi connectivity index (χ4v) is 4.17. The zero-order valence-electron chi connectivity index (χ0n) is 19.2. The summed E-state index contributed by atoms with van der Waals surface area (Å²) >= 11 is 0. The maximum absolute atomic E-state index is 13.3. The van der Waals surface area contributed by atoms with Crippen LogP contribution in [0.4, 0.5) is 0 Å². The molecule has 1 aromatic carbocycles. The van der Waals surface area contributed by atoms with Gasteiger partial charge in [0.15, 0.2) is 5.96 Å². The first kappa shape index (κ1) is 28.2. The Bertz CT molecular complexity index is 1020. The lowest BCUT2D eigenvalue weighted by atomic mass is 9.93. The van der Waals surface area contributed by atoms with Gasteiger partial charge in [-0.05, 0) is 43.2 Å². The van der Waals surface area contributed by atoms with Gasteiger partial charge >= 0.3 is 10.4 Å². The van der Waals surface area contributed by atoms with Crippen molar-refractivity contribution in [2.45, 2.75) is 50.2 Å². The maximum atomic E-state index is 13.3. The van der Waals surface area contributed by atoms with Crippen LogP contribution in [0.1, 0.15) is 42.9 Å². The zero-order chi connectivity index (χ0) is 26.0. The molecule has 2 aliphatic heterocycles. The molecule has 13 nitrogen and oxygen atoms in total. The Labute approximate surface area is 203 Å². The highest BCUT2D eigenvalue weighted by atomic mass is 32.3. The minimum atomic E-state index is -4.67. The molecule has 14 heteroatoms. The number of nitrogens with zero attached hydrogens (tertiary/aromatic N) is 2. The van der Waals surface area contributed by atoms with Crippen molar-refractivity contribution in [2.24, 2.45) is 16.5 Å². The molecule has 1 fully saturated rings. The van der Waals surface area contributed by atoms with Crippen molar-refractivity contribution < 1.29 is 31.9 Å². The number of benzene rings is 1. The van der Waals surface area contributed by atoms with Crippen molar-refractivity contribution in [3.05, 3.63) is 35.4 Å². The van der Waals surface area contributed by atoms with E-state index in [4.69, 9.17) is 29.0 Å². The molecule has 35 heavy (non-hydrogen) atoms. The predicted octanol–water partition coefficient (Wildman–Crippen LogP) is -1.05. The molecule has 194 valence electrons. The van der Waals surface area contributed by atoms with Crippen LogP contribution >= 0.6 is 0 Å². The van der Waals surface area contributed by atoms with Crippen LogP contribution in [-0.4, -0.2) is 78.2 Å². The zero-order valence-corrected chi connectivity index (χ0v) is 20.0. The standard InChI is InChI=1S/C21H30N6O3.H2O4S/c22-21(23)25-10-3-6-15(13-28)26-19(29)17-8-4-12-27(17)20(30)18-16-7-2-1-5-14(16)9-11-24-18;1-5(2,3)4/h1-2,5,7,13,15,17-18,24H,3-4,6,8-12H2,(H,26,29)(H4,22,23,25);(H2,1,2,3,4)/t15-,17-,18?;/m0./s1. The van der Waals surface area contributed by atoms with E-state index in [9.17, 15) is 14.4 Å². The van der Waals surface area contributed by atoms with Gasteiger partial charge in [0.25, 0.3) is 0 Å². The molecule has 1 unspecified atom stereocenters. The number of aldehydes is 1. The molecular formula is C21H32N6O7S. The van der Waals surface area contributed by atoms with Gasteiger partial charge in [-0.1, -0.05) is 24.3 Å². The van der Waals surface area contributed by atoms with E-state index in [1.54, 1.807) is 4.90 Å². The number of nitrogens with two attached hydrogens (primary N) is 2. The third kappa shape index (κ3) is 9.24. The molecule has 3 rings (SSSR count). The van der Waals surface area contributed by atoms with Gasteiger partial charge in [-0.15, -0.1) is 0 Å². The molecule has 2 heterocycles. The normalized spacial score (nSPS) is 20.0. The summed E-state index contributed by atoms with van der Waals surface area (Å²) < 4.78 is 31.6. The Kier molecular flexibility index (Phi) is 10.6. The first-order valence-electron chi connectivity index (χ1n) is 11.1. The number of guanidine groups is 1. The van der Waals surface area contributed by atoms with Crippen molar-refractivity contribution in [3.63, 3.8) is 0 Å². The van der Waals surface area contributed by atoms with Crippen LogP contribution in [0.2, 0.25) is 0 Å². The van der Waals surface area contributed by atoms with E-state index in [0.29, 0.717) is 38.6 Å². The number of aliphatic imine (C=N–C) groups is 1. The Morgan fingerprint density at radius 2 is 1.97 bits per heavy atom. The number of rotatable bonds is 8. The Morgan fingerprint density at radius 1 is 1.29 bits per heavy atom. The van der Waals surface area contributed by atoms with Crippen LogP contribution in [-0.2, 0) is 31.2 Å². The van der Waals surface area contributed by atoms with E-state index in [-0.39, 0.29) is 17.8 Å². The molecular weight excluding hydrogens is 480 g/mol. The Hall–Kier alpha value is -3.07. The summed E-state index contributed by atoms with van der Waals surface area (Å²) in [6, 6.07) is 6.29. The second-order valence-electron chi connectivity index (χ2n) is 8.17. The van der Waals surface area contributed by atoms with Gasteiger partial charge in [0, 0.05) is 19.6 Å². The second kappa shape index (κ2) is 13.1. The van der Waals surface area contributed by atoms with Crippen molar-refractivity contribution in [2.75, 3.05) is 19.6 Å². The van der Waals surface area contributed by atoms with Gasteiger partial charge in [0.1, 0.15) is 18.4 Å². The lowest BCUT2D eigenvalue weighted by Crippen LogP contribution is -2.52. The molecule has 1 saturated heterocycles. The lowest BCUT2D eigenvalue weighted by molar-refractivity contribution is -0.140. The quantitative estimate of drug-likeness (QED) is 0.0816. The fourth-order valence-electron chi connectivity index (χ4n) is 4.17. The minimum absolute atomic E-state index is 0.000283. The molecule has 0 spiro atoms. The van der Waals surface area contributed by atoms with Gasteiger partial charge < -0.3 is 31.8 Å². The lowest BCUT2D eigenvalue weighted by Gasteiger charge is -2.32. The predicted molar refractivity (Wildman–Crippen MR) is 128 cm³/mol. The monoisotopic (exact) mass is 512 g/mol. The maximum Gasteiger partial charge on any atom is 0.394 e. The topological polar surface area (TPSA) is 218 Å². The van der Waals surface area contributed by atoms with Crippen molar-refractivity contribution in [1.82, 2.24) is 15.5 Å². The van der Waals surface area contributed by atoms with E-state index in [1.165, 1.54) is 0 Å². The van der Waals surface area contributed by atoms with Crippen molar-refractivity contribution in [1.29, 1.82) is 0 Å². The number of hydrogen-bond donors (Lipinski definition) is 6. The molecule has 0 radical (unpaired) electrons. The molecule has 2 amide bonds. The number of amides is 2. The van der Waals surface area contributed by atoms with E-state index in [2.05, 4.69) is 15.6 Å². The Morgan fingerprint density at radius 3 is 2.63 bits per heavy atom. The summed E-state index contributed by atoms with van der Waals surface area (Å²) in [6.07, 6.45) is 3.94. The van der Waals surface area contributed by atoms with Crippen molar-refractivity contribution in [3.8, 4) is 0 Å². The van der Waals surface area contributed by atoms with Crippen LogP contribution in [0, 0.1) is 0 Å². The molecule has 3 atom stereocenters. The first-order chi connectivity index (χ1) is 16.5. The smallest absolute Gasteiger partial charge is 0.370 e. The summed E-state index contributed by atoms with van der Waals surface area (Å²) in [4.78, 5) is 43.0. The van der Waals surface area contributed by atoms with Gasteiger partial charge in [-0.3, -0.25) is 23.7 Å². The number of carbonyl (C=O) groups is 3. The van der Waals surface area contributed by atoms with Gasteiger partial charge in [0.05, 0.1) is 6.04 Å². The van der Waals surface area contributed by atoms with E-state index >= 15 is 0 Å². The van der Waals surface area contributed by atoms with Gasteiger partial charge in [0.2, 0.25) is 11.8 Å². The van der Waals surface area contributed by atoms with Gasteiger partial charge in [-0.2, -0.15) is 8.42 Å². The first-order valence-corrected chi connectivity index (χ1v) is 12.5. The van der Waals surface area contributed by atoms with Crippen LogP contribution < -0.4 is 22.1 Å². The van der Waals surface area contributed by atoms with Crippen LogP contribution in [0.5, 0.6) is 0 Å². The molecule has 0 saturated carbocycles. The average molecular weight is 513 g/mol.